The smallest absolute Gasteiger partial charge is 0.111 e. The second-order valence-electron chi connectivity index (χ2n) is 6.78. The molecule has 1 N–H and O–H groups in total. The van der Waals surface area contributed by atoms with Crippen LogP contribution in [0.25, 0.3) is 0 Å². The molecule has 104 valence electrons. The average molecular weight is 340 g/mol. The molecule has 0 aromatic carbocycles. The second kappa shape index (κ2) is 5.15. The summed E-state index contributed by atoms with van der Waals surface area (Å²) in [7, 11) is -1.10. The van der Waals surface area contributed by atoms with Gasteiger partial charge in [-0.3, -0.25) is 0 Å². The first kappa shape index (κ1) is 14.9. The lowest BCUT2D eigenvalue weighted by Crippen LogP contribution is -2.24. The van der Waals surface area contributed by atoms with Crippen LogP contribution < -0.4 is 0 Å². The maximum absolute atomic E-state index is 10.7. The van der Waals surface area contributed by atoms with E-state index < -0.39 is 14.2 Å². The van der Waals surface area contributed by atoms with Crippen molar-refractivity contribution >= 4 is 24.0 Å². The van der Waals surface area contributed by atoms with Gasteiger partial charge >= 0.3 is 0 Å². The van der Waals surface area contributed by atoms with E-state index in [1.54, 1.807) is 6.20 Å². The maximum Gasteiger partial charge on any atom is 0.111 e. The third-order valence-electron chi connectivity index (χ3n) is 4.04. The molecular weight excluding hydrogens is 318 g/mol. The number of hydrogen-bond acceptors (Lipinski definition) is 2. The van der Waals surface area contributed by atoms with Crippen molar-refractivity contribution < 1.29 is 5.11 Å². The summed E-state index contributed by atoms with van der Waals surface area (Å²) < 4.78 is 0.745. The zero-order valence-corrected chi connectivity index (χ0v) is 14.5. The molecule has 1 aromatic heterocycles. The van der Waals surface area contributed by atoms with E-state index in [1.165, 1.54) is 11.6 Å². The van der Waals surface area contributed by atoms with E-state index in [9.17, 15) is 5.11 Å². The molecule has 4 heteroatoms. The Hall–Kier alpha value is -0.453. The van der Waals surface area contributed by atoms with Crippen LogP contribution in [0.3, 0.4) is 0 Å². The number of nitrogens with zero attached hydrogens (tertiary/aromatic N) is 1. The van der Waals surface area contributed by atoms with Gasteiger partial charge < -0.3 is 5.11 Å². The van der Waals surface area contributed by atoms with Crippen LogP contribution in [0.15, 0.2) is 35.1 Å². The Balaban J connectivity index is 2.19. The van der Waals surface area contributed by atoms with Crippen molar-refractivity contribution in [3.05, 3.63) is 40.6 Å². The van der Waals surface area contributed by atoms with Gasteiger partial charge in [-0.2, -0.15) is 0 Å². The molecule has 2 rings (SSSR count). The van der Waals surface area contributed by atoms with E-state index in [0.29, 0.717) is 0 Å². The summed E-state index contributed by atoms with van der Waals surface area (Å²) in [6, 6.07) is 5.05. The Morgan fingerprint density at radius 2 is 2.16 bits per heavy atom. The molecule has 1 fully saturated rings. The van der Waals surface area contributed by atoms with Gasteiger partial charge in [0.15, 0.2) is 0 Å². The summed E-state index contributed by atoms with van der Waals surface area (Å²) in [4.78, 5) is 4.21. The fourth-order valence-corrected chi connectivity index (χ4v) is 4.19. The molecule has 0 spiro atoms. The topological polar surface area (TPSA) is 33.1 Å². The number of halogens is 1. The Kier molecular flexibility index (Phi) is 4.05. The van der Waals surface area contributed by atoms with E-state index in [1.807, 2.05) is 12.1 Å². The number of hydrogen-bond donors (Lipinski definition) is 1. The number of aliphatic hydroxyl groups excluding tert-OH is 1. The van der Waals surface area contributed by atoms with Crippen LogP contribution >= 0.6 is 15.9 Å². The normalized spacial score (nSPS) is 24.4. The van der Waals surface area contributed by atoms with Crippen molar-refractivity contribution in [3.63, 3.8) is 0 Å². The molecule has 0 radical (unpaired) electrons. The highest BCUT2D eigenvalue weighted by molar-refractivity contribution is 9.10. The zero-order chi connectivity index (χ0) is 14.3. The number of rotatable bonds is 5. The first-order chi connectivity index (χ1) is 8.76. The monoisotopic (exact) mass is 339 g/mol. The van der Waals surface area contributed by atoms with Gasteiger partial charge in [0.1, 0.15) is 4.60 Å². The number of aromatic nitrogens is 1. The van der Waals surface area contributed by atoms with Crippen molar-refractivity contribution in [2.24, 2.45) is 5.41 Å². The minimum Gasteiger partial charge on any atom is -0.387 e. The van der Waals surface area contributed by atoms with Crippen LogP contribution in [0.2, 0.25) is 25.7 Å². The number of aliphatic hydroxyl groups is 1. The van der Waals surface area contributed by atoms with Crippen LogP contribution in [-0.2, 0) is 0 Å². The summed E-state index contributed by atoms with van der Waals surface area (Å²) in [5.74, 6) is 0. The molecule has 1 aliphatic carbocycles. The summed E-state index contributed by atoms with van der Waals surface area (Å²) >= 11 is 3.44. The van der Waals surface area contributed by atoms with Gasteiger partial charge in [0.25, 0.3) is 0 Å². The first-order valence-corrected chi connectivity index (χ1v) is 11.2. The van der Waals surface area contributed by atoms with E-state index in [-0.39, 0.29) is 5.41 Å². The molecule has 1 aromatic rings. The van der Waals surface area contributed by atoms with Gasteiger partial charge in [0, 0.05) is 25.2 Å². The van der Waals surface area contributed by atoms with Gasteiger partial charge in [0.2, 0.25) is 0 Å². The molecule has 19 heavy (non-hydrogen) atoms. The lowest BCUT2D eigenvalue weighted by atomic mass is 9.90. The molecule has 0 amide bonds. The van der Waals surface area contributed by atoms with Crippen LogP contribution in [-0.4, -0.2) is 18.2 Å². The predicted octanol–water partition coefficient (Wildman–Crippen LogP) is 4.55. The van der Waals surface area contributed by atoms with Crippen LogP contribution in [0, 0.1) is 5.41 Å². The van der Waals surface area contributed by atoms with E-state index in [2.05, 4.69) is 47.1 Å². The molecule has 1 heterocycles. The van der Waals surface area contributed by atoms with Crippen molar-refractivity contribution in [3.8, 4) is 0 Å². The Labute approximate surface area is 125 Å². The second-order valence-corrected chi connectivity index (χ2v) is 13.2. The number of pyridine rings is 1. The minimum atomic E-state index is -1.10. The summed E-state index contributed by atoms with van der Waals surface area (Å²) in [5.41, 5.74) is 1.97. The van der Waals surface area contributed by atoms with Gasteiger partial charge in [0.05, 0.1) is 6.10 Å². The zero-order valence-electron chi connectivity index (χ0n) is 11.9. The van der Waals surface area contributed by atoms with Gasteiger partial charge in [-0.05, 0) is 34.8 Å². The molecule has 0 aliphatic heterocycles. The highest BCUT2D eigenvalue weighted by atomic mass is 79.9. The van der Waals surface area contributed by atoms with E-state index in [0.717, 1.165) is 23.0 Å². The molecule has 2 atom stereocenters. The molecule has 2 nitrogen and oxygen atoms in total. The third kappa shape index (κ3) is 3.18. The minimum absolute atomic E-state index is 0.105. The average Bonchev–Trinajstić information content (AvgIpc) is 2.98. The fraction of sp³-hybridized carbons (Fsp3) is 0.533. The van der Waals surface area contributed by atoms with Crippen LogP contribution in [0.5, 0.6) is 0 Å². The van der Waals surface area contributed by atoms with Crippen molar-refractivity contribution in [1.29, 1.82) is 0 Å². The highest BCUT2D eigenvalue weighted by Crippen LogP contribution is 2.62. The Bertz CT molecular complexity index is 497. The van der Waals surface area contributed by atoms with Crippen LogP contribution in [0.4, 0.5) is 0 Å². The molecular formula is C15H22BrNOSi. The standard InChI is InChI=1S/C15H22BrNOSi/c1-11-10-15(11,7-9-19(2,3)4)13(18)12-6-5-8-17-14(12)16/h5-6,8,13,18H,1,7,9-10H2,2-4H3/t13-,15+/m0/s1. The maximum atomic E-state index is 10.7. The Morgan fingerprint density at radius 3 is 2.63 bits per heavy atom. The van der Waals surface area contributed by atoms with Crippen molar-refractivity contribution in [2.45, 2.75) is 44.6 Å². The Morgan fingerprint density at radius 1 is 1.53 bits per heavy atom. The van der Waals surface area contributed by atoms with Gasteiger partial charge in [-0.25, -0.2) is 4.98 Å². The molecule has 0 bridgehead atoms. The quantitative estimate of drug-likeness (QED) is 0.484. The lowest BCUT2D eigenvalue weighted by Gasteiger charge is -2.26. The van der Waals surface area contributed by atoms with Gasteiger partial charge in [-0.15, -0.1) is 0 Å². The van der Waals surface area contributed by atoms with E-state index in [4.69, 9.17) is 0 Å². The van der Waals surface area contributed by atoms with Crippen molar-refractivity contribution in [1.82, 2.24) is 4.98 Å². The lowest BCUT2D eigenvalue weighted by molar-refractivity contribution is 0.0971. The summed E-state index contributed by atoms with van der Waals surface area (Å²) in [6.45, 7) is 11.2. The van der Waals surface area contributed by atoms with Crippen LogP contribution in [0.1, 0.15) is 24.5 Å². The van der Waals surface area contributed by atoms with E-state index >= 15 is 0 Å². The van der Waals surface area contributed by atoms with Gasteiger partial charge in [-0.1, -0.05) is 43.9 Å². The third-order valence-corrected chi connectivity index (χ3v) is 6.45. The molecule has 0 unspecified atom stereocenters. The van der Waals surface area contributed by atoms with Crippen molar-refractivity contribution in [2.75, 3.05) is 0 Å². The summed E-state index contributed by atoms with van der Waals surface area (Å²) in [5, 5.41) is 10.7. The summed E-state index contributed by atoms with van der Waals surface area (Å²) in [6.07, 6.45) is 3.24. The SMILES string of the molecule is C=C1C[C@@]1(CC[Si](C)(C)C)[C@@H](O)c1cccnc1Br. The highest BCUT2D eigenvalue weighted by Gasteiger charge is 2.53. The largest absolute Gasteiger partial charge is 0.387 e. The first-order valence-electron chi connectivity index (χ1n) is 6.73. The predicted molar refractivity (Wildman–Crippen MR) is 85.9 cm³/mol. The fourth-order valence-electron chi connectivity index (χ4n) is 2.53. The molecule has 0 saturated heterocycles. The molecule has 1 aliphatic rings. The molecule has 1 saturated carbocycles.